The van der Waals surface area contributed by atoms with Crippen molar-refractivity contribution in [3.8, 4) is 5.88 Å². The SMILES string of the molecule is COc1cccc(C(=O)NC(CCN(CCCCc2ccc3c(n2)NCCC3)C2CC2)C(=O)O)n1. The molecule has 0 saturated heterocycles. The highest BCUT2D eigenvalue weighted by atomic mass is 16.5. The van der Waals surface area contributed by atoms with Gasteiger partial charge >= 0.3 is 5.97 Å². The van der Waals surface area contributed by atoms with Gasteiger partial charge < -0.3 is 25.4 Å². The maximum absolute atomic E-state index is 12.5. The van der Waals surface area contributed by atoms with E-state index in [1.54, 1.807) is 18.2 Å². The molecular weight excluding hydrogens is 446 g/mol. The topological polar surface area (TPSA) is 117 Å². The lowest BCUT2D eigenvalue weighted by molar-refractivity contribution is -0.139. The molecule has 3 heterocycles. The average Bonchev–Trinajstić information content (AvgIpc) is 3.72. The third-order valence-electron chi connectivity index (χ3n) is 6.62. The van der Waals surface area contributed by atoms with Crippen molar-refractivity contribution in [2.24, 2.45) is 0 Å². The Bertz CT molecular complexity index is 1030. The van der Waals surface area contributed by atoms with E-state index in [2.05, 4.69) is 32.7 Å². The molecule has 2 aromatic rings. The largest absolute Gasteiger partial charge is 0.481 e. The molecule has 2 aromatic heterocycles. The number of carboxylic acid groups (broad SMARTS) is 1. The van der Waals surface area contributed by atoms with Crippen LogP contribution in [0.2, 0.25) is 0 Å². The van der Waals surface area contributed by atoms with Crippen LogP contribution < -0.4 is 15.4 Å². The lowest BCUT2D eigenvalue weighted by atomic mass is 10.1. The number of hydrogen-bond donors (Lipinski definition) is 3. The molecule has 35 heavy (non-hydrogen) atoms. The number of ether oxygens (including phenoxy) is 1. The van der Waals surface area contributed by atoms with Crippen LogP contribution in [0.5, 0.6) is 5.88 Å². The average molecular weight is 482 g/mol. The molecule has 9 heteroatoms. The second-order valence-corrected chi connectivity index (χ2v) is 9.28. The summed E-state index contributed by atoms with van der Waals surface area (Å²) in [4.78, 5) is 35.6. The van der Waals surface area contributed by atoms with Crippen LogP contribution in [-0.2, 0) is 17.6 Å². The number of fused-ring (bicyclic) bond motifs is 1. The number of aliphatic carboxylic acids is 1. The molecular formula is C26H35N5O4. The molecule has 1 saturated carbocycles. The second-order valence-electron chi connectivity index (χ2n) is 9.28. The van der Waals surface area contributed by atoms with Crippen molar-refractivity contribution in [1.29, 1.82) is 0 Å². The molecule has 1 atom stereocenters. The Balaban J connectivity index is 1.24. The van der Waals surface area contributed by atoms with Crippen LogP contribution in [0.1, 0.15) is 60.3 Å². The van der Waals surface area contributed by atoms with Crippen molar-refractivity contribution >= 4 is 17.7 Å². The van der Waals surface area contributed by atoms with Gasteiger partial charge in [0.15, 0.2) is 0 Å². The molecule has 9 nitrogen and oxygen atoms in total. The zero-order chi connectivity index (χ0) is 24.6. The van der Waals surface area contributed by atoms with E-state index in [1.165, 1.54) is 12.7 Å². The highest BCUT2D eigenvalue weighted by Gasteiger charge is 2.30. The summed E-state index contributed by atoms with van der Waals surface area (Å²) in [7, 11) is 1.47. The lowest BCUT2D eigenvalue weighted by Gasteiger charge is -2.24. The lowest BCUT2D eigenvalue weighted by Crippen LogP contribution is -2.43. The number of carbonyl (C=O) groups is 2. The molecule has 0 bridgehead atoms. The highest BCUT2D eigenvalue weighted by molar-refractivity contribution is 5.95. The summed E-state index contributed by atoms with van der Waals surface area (Å²) in [6.07, 6.45) is 7.91. The Morgan fingerprint density at radius 1 is 1.20 bits per heavy atom. The number of carbonyl (C=O) groups excluding carboxylic acids is 1. The molecule has 0 radical (unpaired) electrons. The molecule has 2 aliphatic rings. The number of nitrogens with zero attached hydrogens (tertiary/aromatic N) is 3. The van der Waals surface area contributed by atoms with Crippen molar-refractivity contribution in [3.05, 3.63) is 47.3 Å². The van der Waals surface area contributed by atoms with E-state index >= 15 is 0 Å². The van der Waals surface area contributed by atoms with E-state index in [0.29, 0.717) is 24.9 Å². The predicted octanol–water partition coefficient (Wildman–Crippen LogP) is 2.90. The number of amides is 1. The molecule has 1 unspecified atom stereocenters. The minimum absolute atomic E-state index is 0.139. The zero-order valence-electron chi connectivity index (χ0n) is 20.3. The van der Waals surface area contributed by atoms with Gasteiger partial charge in [-0.15, -0.1) is 0 Å². The first-order chi connectivity index (χ1) is 17.0. The van der Waals surface area contributed by atoms with E-state index in [1.807, 2.05) is 0 Å². The molecule has 0 aromatic carbocycles. The molecule has 1 fully saturated rings. The molecule has 1 amide bonds. The van der Waals surface area contributed by atoms with E-state index < -0.39 is 17.9 Å². The van der Waals surface area contributed by atoms with Gasteiger partial charge in [-0.1, -0.05) is 12.1 Å². The fourth-order valence-corrected chi connectivity index (χ4v) is 4.49. The van der Waals surface area contributed by atoms with Crippen LogP contribution in [0.3, 0.4) is 0 Å². The second kappa shape index (κ2) is 12.0. The minimum Gasteiger partial charge on any atom is -0.481 e. The molecule has 0 spiro atoms. The van der Waals surface area contributed by atoms with Crippen molar-refractivity contribution in [3.63, 3.8) is 0 Å². The van der Waals surface area contributed by atoms with Gasteiger partial charge in [-0.2, -0.15) is 0 Å². The van der Waals surface area contributed by atoms with Gasteiger partial charge in [-0.05, 0) is 75.6 Å². The number of methoxy groups -OCH3 is 1. The van der Waals surface area contributed by atoms with E-state index in [-0.39, 0.29) is 5.69 Å². The Labute approximate surface area is 206 Å². The summed E-state index contributed by atoms with van der Waals surface area (Å²) in [6.45, 7) is 2.55. The molecule has 3 N–H and O–H groups in total. The van der Waals surface area contributed by atoms with Crippen molar-refractivity contribution in [2.45, 2.75) is 63.5 Å². The summed E-state index contributed by atoms with van der Waals surface area (Å²) < 4.78 is 5.05. The van der Waals surface area contributed by atoms with Crippen LogP contribution in [0.4, 0.5) is 5.82 Å². The van der Waals surface area contributed by atoms with Crippen LogP contribution in [0.15, 0.2) is 30.3 Å². The van der Waals surface area contributed by atoms with Gasteiger partial charge in [0.1, 0.15) is 17.6 Å². The van der Waals surface area contributed by atoms with Gasteiger partial charge in [-0.3, -0.25) is 4.79 Å². The number of aromatic nitrogens is 2. The number of hydrogen-bond acceptors (Lipinski definition) is 7. The smallest absolute Gasteiger partial charge is 0.326 e. The molecule has 1 aliphatic heterocycles. The van der Waals surface area contributed by atoms with Crippen molar-refractivity contribution in [1.82, 2.24) is 20.2 Å². The number of nitrogens with one attached hydrogen (secondary N) is 2. The summed E-state index contributed by atoms with van der Waals surface area (Å²) in [6, 6.07) is 8.72. The fraction of sp³-hybridized carbons (Fsp3) is 0.538. The van der Waals surface area contributed by atoms with Crippen molar-refractivity contribution < 1.29 is 19.4 Å². The number of anilines is 1. The third kappa shape index (κ3) is 7.14. The summed E-state index contributed by atoms with van der Waals surface area (Å²) in [5, 5.41) is 15.7. The Morgan fingerprint density at radius 3 is 2.83 bits per heavy atom. The van der Waals surface area contributed by atoms with Gasteiger partial charge in [0, 0.05) is 30.9 Å². The highest BCUT2D eigenvalue weighted by Crippen LogP contribution is 2.27. The summed E-state index contributed by atoms with van der Waals surface area (Å²) in [5.74, 6) is -0.198. The maximum Gasteiger partial charge on any atom is 0.326 e. The van der Waals surface area contributed by atoms with Gasteiger partial charge in [0.2, 0.25) is 5.88 Å². The first-order valence-electron chi connectivity index (χ1n) is 12.5. The summed E-state index contributed by atoms with van der Waals surface area (Å²) >= 11 is 0. The predicted molar refractivity (Wildman–Crippen MR) is 133 cm³/mol. The van der Waals surface area contributed by atoms with E-state index in [0.717, 1.165) is 69.5 Å². The Hall–Kier alpha value is -3.20. The molecule has 4 rings (SSSR count). The number of rotatable bonds is 13. The first-order valence-corrected chi connectivity index (χ1v) is 12.5. The van der Waals surface area contributed by atoms with E-state index in [4.69, 9.17) is 9.72 Å². The van der Waals surface area contributed by atoms with E-state index in [9.17, 15) is 14.7 Å². The van der Waals surface area contributed by atoms with Crippen LogP contribution in [-0.4, -0.2) is 70.7 Å². The maximum atomic E-state index is 12.5. The Morgan fingerprint density at radius 2 is 2.06 bits per heavy atom. The standard InChI is InChI=1S/C26H35N5O4/c1-35-23-9-4-8-21(29-23)25(32)30-22(26(33)34)14-17-31(20-12-13-20)16-3-2-7-19-11-10-18-6-5-15-27-24(18)28-19/h4,8-11,20,22H,2-3,5-7,12-17H2,1H3,(H,27,28)(H,30,32)(H,33,34). The molecule has 1 aliphatic carbocycles. The van der Waals surface area contributed by atoms with Crippen LogP contribution in [0, 0.1) is 0 Å². The molecule has 188 valence electrons. The zero-order valence-corrected chi connectivity index (χ0v) is 20.3. The fourth-order valence-electron chi connectivity index (χ4n) is 4.49. The van der Waals surface area contributed by atoms with Gasteiger partial charge in [0.05, 0.1) is 7.11 Å². The quantitative estimate of drug-likeness (QED) is 0.374. The number of carboxylic acids is 1. The third-order valence-corrected chi connectivity index (χ3v) is 6.62. The first kappa shape index (κ1) is 24.9. The van der Waals surface area contributed by atoms with Gasteiger partial charge in [0.25, 0.3) is 5.91 Å². The Kier molecular flexibility index (Phi) is 8.52. The number of aryl methyl sites for hydroxylation is 2. The normalized spacial score (nSPS) is 15.7. The minimum atomic E-state index is -1.04. The number of pyridine rings is 2. The van der Waals surface area contributed by atoms with Gasteiger partial charge in [-0.25, -0.2) is 14.8 Å². The van der Waals surface area contributed by atoms with Crippen LogP contribution in [0.25, 0.3) is 0 Å². The van der Waals surface area contributed by atoms with Crippen LogP contribution >= 0.6 is 0 Å². The number of unbranched alkanes of at least 4 members (excludes halogenated alkanes) is 1. The monoisotopic (exact) mass is 481 g/mol. The van der Waals surface area contributed by atoms with Crippen molar-refractivity contribution in [2.75, 3.05) is 32.1 Å². The summed E-state index contributed by atoms with van der Waals surface area (Å²) in [5.41, 5.74) is 2.57.